The zero-order valence-corrected chi connectivity index (χ0v) is 10.1. The Kier molecular flexibility index (Phi) is 4.12. The predicted octanol–water partition coefficient (Wildman–Crippen LogP) is 2.99. The SMILES string of the molecule is OC(COc1cccc(Cl)c1)c1cncc(F)c1. The highest BCUT2D eigenvalue weighted by atomic mass is 35.5. The van der Waals surface area contributed by atoms with E-state index in [1.54, 1.807) is 24.3 Å². The number of pyridine rings is 1. The quantitative estimate of drug-likeness (QED) is 0.926. The van der Waals surface area contributed by atoms with Crippen molar-refractivity contribution in [2.75, 3.05) is 6.61 Å². The van der Waals surface area contributed by atoms with Crippen LogP contribution in [0.15, 0.2) is 42.7 Å². The zero-order valence-electron chi connectivity index (χ0n) is 9.38. The first-order chi connectivity index (χ1) is 8.65. The molecule has 1 heterocycles. The van der Waals surface area contributed by atoms with E-state index in [9.17, 15) is 9.50 Å². The molecule has 0 saturated heterocycles. The van der Waals surface area contributed by atoms with Gasteiger partial charge in [-0.05, 0) is 24.3 Å². The number of hydrogen-bond donors (Lipinski definition) is 1. The minimum absolute atomic E-state index is 0.00543. The highest BCUT2D eigenvalue weighted by Crippen LogP contribution is 2.19. The fourth-order valence-electron chi connectivity index (χ4n) is 1.44. The van der Waals surface area contributed by atoms with Crippen LogP contribution in [0, 0.1) is 5.82 Å². The molecule has 1 atom stereocenters. The summed E-state index contributed by atoms with van der Waals surface area (Å²) >= 11 is 5.80. The van der Waals surface area contributed by atoms with Crippen LogP contribution in [0.2, 0.25) is 5.02 Å². The third-order valence-corrected chi connectivity index (χ3v) is 2.55. The summed E-state index contributed by atoms with van der Waals surface area (Å²) in [5.74, 6) is 0.0558. The van der Waals surface area contributed by atoms with Gasteiger partial charge >= 0.3 is 0 Å². The molecule has 1 N–H and O–H groups in total. The van der Waals surface area contributed by atoms with Gasteiger partial charge in [-0.25, -0.2) is 4.39 Å². The van der Waals surface area contributed by atoms with Crippen LogP contribution >= 0.6 is 11.6 Å². The molecule has 5 heteroatoms. The highest BCUT2D eigenvalue weighted by Gasteiger charge is 2.10. The Hall–Kier alpha value is -1.65. The largest absolute Gasteiger partial charge is 0.490 e. The van der Waals surface area contributed by atoms with Gasteiger partial charge in [-0.2, -0.15) is 0 Å². The Balaban J connectivity index is 1.98. The van der Waals surface area contributed by atoms with Gasteiger partial charge in [0, 0.05) is 16.8 Å². The monoisotopic (exact) mass is 267 g/mol. The van der Waals surface area contributed by atoms with Gasteiger partial charge in [0.25, 0.3) is 0 Å². The van der Waals surface area contributed by atoms with Gasteiger partial charge in [0.2, 0.25) is 0 Å². The van der Waals surface area contributed by atoms with Gasteiger partial charge in [0.15, 0.2) is 0 Å². The number of halogens is 2. The molecule has 0 aliphatic heterocycles. The molecule has 0 bridgehead atoms. The third-order valence-electron chi connectivity index (χ3n) is 2.31. The maximum Gasteiger partial charge on any atom is 0.141 e. The highest BCUT2D eigenvalue weighted by molar-refractivity contribution is 6.30. The molecule has 94 valence electrons. The molecule has 0 amide bonds. The number of aliphatic hydroxyl groups excluding tert-OH is 1. The number of aromatic nitrogens is 1. The number of rotatable bonds is 4. The van der Waals surface area contributed by atoms with Crippen LogP contribution in [0.3, 0.4) is 0 Å². The molecule has 1 aromatic heterocycles. The number of ether oxygens (including phenoxy) is 1. The van der Waals surface area contributed by atoms with E-state index in [0.717, 1.165) is 6.20 Å². The van der Waals surface area contributed by atoms with Crippen molar-refractivity contribution in [3.05, 3.63) is 59.1 Å². The Bertz CT molecular complexity index is 536. The predicted molar refractivity (Wildman–Crippen MR) is 66.1 cm³/mol. The second-order valence-electron chi connectivity index (χ2n) is 3.72. The van der Waals surface area contributed by atoms with Gasteiger partial charge < -0.3 is 9.84 Å². The van der Waals surface area contributed by atoms with Crippen LogP contribution in [-0.4, -0.2) is 16.7 Å². The summed E-state index contributed by atoms with van der Waals surface area (Å²) in [5, 5.41) is 10.4. The van der Waals surface area contributed by atoms with Crippen LogP contribution in [-0.2, 0) is 0 Å². The molecule has 0 spiro atoms. The second kappa shape index (κ2) is 5.80. The summed E-state index contributed by atoms with van der Waals surface area (Å²) in [6.07, 6.45) is 1.54. The number of aliphatic hydroxyl groups is 1. The molecule has 1 aromatic carbocycles. The summed E-state index contributed by atoms with van der Waals surface area (Å²) in [7, 11) is 0. The van der Waals surface area contributed by atoms with Crippen molar-refractivity contribution in [1.82, 2.24) is 4.98 Å². The molecule has 0 aliphatic carbocycles. The van der Waals surface area contributed by atoms with E-state index >= 15 is 0 Å². The first-order valence-corrected chi connectivity index (χ1v) is 5.70. The van der Waals surface area contributed by atoms with Crippen molar-refractivity contribution in [2.24, 2.45) is 0 Å². The van der Waals surface area contributed by atoms with Gasteiger partial charge in [0.05, 0.1) is 6.20 Å². The molecule has 0 saturated carbocycles. The van der Waals surface area contributed by atoms with Crippen LogP contribution in [0.4, 0.5) is 4.39 Å². The Morgan fingerprint density at radius 3 is 2.89 bits per heavy atom. The molecule has 0 aliphatic rings. The minimum atomic E-state index is -0.938. The van der Waals surface area contributed by atoms with Crippen molar-refractivity contribution < 1.29 is 14.2 Å². The van der Waals surface area contributed by atoms with E-state index in [-0.39, 0.29) is 6.61 Å². The fourth-order valence-corrected chi connectivity index (χ4v) is 1.62. The number of hydrogen-bond acceptors (Lipinski definition) is 3. The maximum atomic E-state index is 12.9. The lowest BCUT2D eigenvalue weighted by molar-refractivity contribution is 0.107. The fraction of sp³-hybridized carbons (Fsp3) is 0.154. The van der Waals surface area contributed by atoms with E-state index in [1.807, 2.05) is 0 Å². The van der Waals surface area contributed by atoms with Crippen molar-refractivity contribution >= 4 is 11.6 Å². The normalized spacial score (nSPS) is 12.2. The van der Waals surface area contributed by atoms with Gasteiger partial charge in [-0.1, -0.05) is 17.7 Å². The van der Waals surface area contributed by atoms with E-state index < -0.39 is 11.9 Å². The van der Waals surface area contributed by atoms with Crippen molar-refractivity contribution in [3.63, 3.8) is 0 Å². The standard InChI is InChI=1S/C13H11ClFNO2/c14-10-2-1-3-12(5-10)18-8-13(17)9-4-11(15)7-16-6-9/h1-7,13,17H,8H2. The van der Waals surface area contributed by atoms with Crippen molar-refractivity contribution in [2.45, 2.75) is 6.10 Å². The minimum Gasteiger partial charge on any atom is -0.490 e. The van der Waals surface area contributed by atoms with E-state index in [0.29, 0.717) is 16.3 Å². The van der Waals surface area contributed by atoms with E-state index in [1.165, 1.54) is 12.3 Å². The number of benzene rings is 1. The van der Waals surface area contributed by atoms with Gasteiger partial charge in [0.1, 0.15) is 24.3 Å². The lowest BCUT2D eigenvalue weighted by atomic mass is 10.2. The molecular formula is C13H11ClFNO2. The van der Waals surface area contributed by atoms with Crippen LogP contribution in [0.5, 0.6) is 5.75 Å². The molecular weight excluding hydrogens is 257 g/mol. The van der Waals surface area contributed by atoms with E-state index in [4.69, 9.17) is 16.3 Å². The smallest absolute Gasteiger partial charge is 0.141 e. The Morgan fingerprint density at radius 2 is 2.17 bits per heavy atom. The molecule has 1 unspecified atom stereocenters. The summed E-state index contributed by atoms with van der Waals surface area (Å²) in [5.41, 5.74) is 0.372. The first kappa shape index (κ1) is 12.8. The molecule has 2 aromatic rings. The molecule has 2 rings (SSSR count). The summed E-state index contributed by atoms with van der Waals surface area (Å²) < 4.78 is 18.3. The third kappa shape index (κ3) is 3.42. The molecule has 18 heavy (non-hydrogen) atoms. The summed E-state index contributed by atoms with van der Waals surface area (Å²) in [6.45, 7) is 0.00543. The Morgan fingerprint density at radius 1 is 1.33 bits per heavy atom. The Labute approximate surface area is 109 Å². The molecule has 0 fully saturated rings. The van der Waals surface area contributed by atoms with Crippen LogP contribution in [0.1, 0.15) is 11.7 Å². The first-order valence-electron chi connectivity index (χ1n) is 5.32. The van der Waals surface area contributed by atoms with Gasteiger partial charge in [-0.3, -0.25) is 4.98 Å². The summed E-state index contributed by atoms with van der Waals surface area (Å²) in [6, 6.07) is 8.05. The topological polar surface area (TPSA) is 42.4 Å². The summed E-state index contributed by atoms with van der Waals surface area (Å²) in [4.78, 5) is 3.66. The average molecular weight is 268 g/mol. The maximum absolute atomic E-state index is 12.9. The lowest BCUT2D eigenvalue weighted by Crippen LogP contribution is -2.10. The molecule has 0 radical (unpaired) electrons. The van der Waals surface area contributed by atoms with Crippen molar-refractivity contribution in [1.29, 1.82) is 0 Å². The average Bonchev–Trinajstić information content (AvgIpc) is 2.36. The van der Waals surface area contributed by atoms with Crippen LogP contribution in [0.25, 0.3) is 0 Å². The van der Waals surface area contributed by atoms with Gasteiger partial charge in [-0.15, -0.1) is 0 Å². The van der Waals surface area contributed by atoms with E-state index in [2.05, 4.69) is 4.98 Å². The second-order valence-corrected chi connectivity index (χ2v) is 4.16. The lowest BCUT2D eigenvalue weighted by Gasteiger charge is -2.12. The van der Waals surface area contributed by atoms with Crippen molar-refractivity contribution in [3.8, 4) is 5.75 Å². The number of nitrogens with zero attached hydrogens (tertiary/aromatic N) is 1. The van der Waals surface area contributed by atoms with Crippen LogP contribution < -0.4 is 4.74 Å². The molecule has 3 nitrogen and oxygen atoms in total. The zero-order chi connectivity index (χ0) is 13.0.